The molecule has 2 aromatic carbocycles. The van der Waals surface area contributed by atoms with E-state index in [2.05, 4.69) is 10.3 Å². The van der Waals surface area contributed by atoms with Gasteiger partial charge in [-0.25, -0.2) is 9.59 Å². The molecule has 3 rings (SSSR count). The number of carbonyl (C=O) groups is 2. The maximum atomic E-state index is 11.9. The number of hydrogen-bond acceptors (Lipinski definition) is 3. The SMILES string of the molecule is O=C(N[C@H](Cc1c[nH]c2cc(Cl)ccc12)C(=O)O)OCc1ccccc1. The van der Waals surface area contributed by atoms with Crippen molar-refractivity contribution in [1.82, 2.24) is 10.3 Å². The van der Waals surface area contributed by atoms with Crippen LogP contribution in [-0.2, 0) is 22.6 Å². The number of alkyl carbamates (subject to hydrolysis) is 1. The van der Waals surface area contributed by atoms with Gasteiger partial charge >= 0.3 is 12.1 Å². The number of rotatable bonds is 6. The van der Waals surface area contributed by atoms with Crippen molar-refractivity contribution in [2.24, 2.45) is 0 Å². The number of aromatic amines is 1. The third kappa shape index (κ3) is 4.34. The first-order chi connectivity index (χ1) is 12.5. The van der Waals surface area contributed by atoms with Gasteiger partial charge in [-0.3, -0.25) is 0 Å². The van der Waals surface area contributed by atoms with Gasteiger partial charge in [0.15, 0.2) is 0 Å². The fraction of sp³-hybridized carbons (Fsp3) is 0.158. The number of fused-ring (bicyclic) bond motifs is 1. The van der Waals surface area contributed by atoms with E-state index < -0.39 is 18.1 Å². The zero-order valence-corrected chi connectivity index (χ0v) is 14.5. The van der Waals surface area contributed by atoms with Crippen molar-refractivity contribution in [2.45, 2.75) is 19.1 Å². The van der Waals surface area contributed by atoms with Crippen molar-refractivity contribution in [3.63, 3.8) is 0 Å². The molecule has 3 N–H and O–H groups in total. The quantitative estimate of drug-likeness (QED) is 0.614. The minimum absolute atomic E-state index is 0.0740. The first kappa shape index (κ1) is 17.8. The van der Waals surface area contributed by atoms with Crippen LogP contribution in [0, 0.1) is 0 Å². The van der Waals surface area contributed by atoms with Crippen LogP contribution in [0.4, 0.5) is 4.79 Å². The van der Waals surface area contributed by atoms with Crippen molar-refractivity contribution in [3.05, 3.63) is 70.9 Å². The van der Waals surface area contributed by atoms with E-state index in [0.29, 0.717) is 5.02 Å². The van der Waals surface area contributed by atoms with E-state index >= 15 is 0 Å². The molecule has 134 valence electrons. The predicted molar refractivity (Wildman–Crippen MR) is 98.2 cm³/mol. The number of carbonyl (C=O) groups excluding carboxylic acids is 1. The van der Waals surface area contributed by atoms with Crippen LogP contribution in [0.15, 0.2) is 54.7 Å². The molecule has 0 radical (unpaired) electrons. The molecule has 3 aromatic rings. The summed E-state index contributed by atoms with van der Waals surface area (Å²) in [6.07, 6.45) is 1.06. The number of halogens is 1. The Morgan fingerprint density at radius 1 is 1.19 bits per heavy atom. The van der Waals surface area contributed by atoms with Gasteiger partial charge in [0.2, 0.25) is 0 Å². The highest BCUT2D eigenvalue weighted by Crippen LogP contribution is 2.23. The Labute approximate surface area is 154 Å². The number of aromatic nitrogens is 1. The van der Waals surface area contributed by atoms with Crippen LogP contribution in [0.3, 0.4) is 0 Å². The Kier molecular flexibility index (Phi) is 5.43. The molecule has 0 aliphatic heterocycles. The second-order valence-electron chi connectivity index (χ2n) is 5.80. The number of carboxylic acid groups (broad SMARTS) is 1. The zero-order valence-electron chi connectivity index (χ0n) is 13.7. The molecule has 0 bridgehead atoms. The summed E-state index contributed by atoms with van der Waals surface area (Å²) in [5.41, 5.74) is 2.40. The lowest BCUT2D eigenvalue weighted by Gasteiger charge is -2.14. The monoisotopic (exact) mass is 372 g/mol. The van der Waals surface area contributed by atoms with E-state index in [9.17, 15) is 14.7 Å². The molecule has 0 saturated heterocycles. The van der Waals surface area contributed by atoms with Gasteiger partial charge in [-0.05, 0) is 23.3 Å². The van der Waals surface area contributed by atoms with Crippen molar-refractivity contribution in [3.8, 4) is 0 Å². The molecule has 1 amide bonds. The third-order valence-electron chi connectivity index (χ3n) is 3.96. The number of amides is 1. The first-order valence-electron chi connectivity index (χ1n) is 7.98. The van der Waals surface area contributed by atoms with Gasteiger partial charge in [0.05, 0.1) is 0 Å². The van der Waals surface area contributed by atoms with Crippen LogP contribution < -0.4 is 5.32 Å². The van der Waals surface area contributed by atoms with E-state index in [1.54, 1.807) is 18.3 Å². The third-order valence-corrected chi connectivity index (χ3v) is 4.19. The highest BCUT2D eigenvalue weighted by Gasteiger charge is 2.22. The summed E-state index contributed by atoms with van der Waals surface area (Å²) in [6.45, 7) is 0.0740. The Morgan fingerprint density at radius 3 is 2.69 bits per heavy atom. The van der Waals surface area contributed by atoms with Gasteiger partial charge in [0.1, 0.15) is 12.6 Å². The van der Waals surface area contributed by atoms with Gasteiger partial charge in [-0.1, -0.05) is 48.0 Å². The molecule has 7 heteroatoms. The van der Waals surface area contributed by atoms with E-state index in [0.717, 1.165) is 22.0 Å². The molecule has 0 unspecified atom stereocenters. The minimum Gasteiger partial charge on any atom is -0.480 e. The summed E-state index contributed by atoms with van der Waals surface area (Å²) < 4.78 is 5.09. The standard InChI is InChI=1S/C19H17ClN2O4/c20-14-6-7-15-13(10-21-16(15)9-14)8-17(18(23)24)22-19(25)26-11-12-4-2-1-3-5-12/h1-7,9-10,17,21H,8,11H2,(H,22,25)(H,23,24)/t17-/m1/s1. The van der Waals surface area contributed by atoms with Crippen LogP contribution >= 0.6 is 11.6 Å². The maximum absolute atomic E-state index is 11.9. The maximum Gasteiger partial charge on any atom is 0.408 e. The topological polar surface area (TPSA) is 91.4 Å². The number of benzene rings is 2. The van der Waals surface area contributed by atoms with E-state index in [-0.39, 0.29) is 13.0 Å². The van der Waals surface area contributed by atoms with Crippen molar-refractivity contribution >= 4 is 34.6 Å². The predicted octanol–water partition coefficient (Wildman–Crippen LogP) is 3.74. The van der Waals surface area contributed by atoms with Crippen molar-refractivity contribution in [1.29, 1.82) is 0 Å². The highest BCUT2D eigenvalue weighted by atomic mass is 35.5. The molecule has 1 aromatic heterocycles. The molecule has 6 nitrogen and oxygen atoms in total. The second kappa shape index (κ2) is 7.93. The minimum atomic E-state index is -1.13. The molecule has 26 heavy (non-hydrogen) atoms. The molecular weight excluding hydrogens is 356 g/mol. The molecule has 1 atom stereocenters. The van der Waals surface area contributed by atoms with Crippen LogP contribution in [0.1, 0.15) is 11.1 Å². The van der Waals surface area contributed by atoms with Crippen LogP contribution in [0.2, 0.25) is 5.02 Å². The molecular formula is C19H17ClN2O4. The average molecular weight is 373 g/mol. The molecule has 0 aliphatic rings. The molecule has 0 aliphatic carbocycles. The number of aliphatic carboxylic acids is 1. The fourth-order valence-electron chi connectivity index (χ4n) is 2.65. The molecule has 0 fully saturated rings. The zero-order chi connectivity index (χ0) is 18.5. The molecule has 0 saturated carbocycles. The fourth-order valence-corrected chi connectivity index (χ4v) is 2.83. The van der Waals surface area contributed by atoms with Gasteiger partial charge in [-0.2, -0.15) is 0 Å². The average Bonchev–Trinajstić information content (AvgIpc) is 3.02. The Morgan fingerprint density at radius 2 is 1.96 bits per heavy atom. The van der Waals surface area contributed by atoms with E-state index in [4.69, 9.17) is 16.3 Å². The normalized spacial score (nSPS) is 11.9. The summed E-state index contributed by atoms with van der Waals surface area (Å²) in [6, 6.07) is 13.4. The summed E-state index contributed by atoms with van der Waals surface area (Å²) in [4.78, 5) is 26.5. The van der Waals surface area contributed by atoms with Gasteiger partial charge in [0.25, 0.3) is 0 Å². The Hall–Kier alpha value is -2.99. The summed E-state index contributed by atoms with van der Waals surface area (Å²) in [5, 5.41) is 13.3. The Bertz CT molecular complexity index is 924. The number of H-pyrrole nitrogens is 1. The van der Waals surface area contributed by atoms with Crippen LogP contribution in [0.5, 0.6) is 0 Å². The van der Waals surface area contributed by atoms with Gasteiger partial charge < -0.3 is 20.1 Å². The summed E-state index contributed by atoms with van der Waals surface area (Å²) in [7, 11) is 0. The van der Waals surface area contributed by atoms with Crippen LogP contribution in [-0.4, -0.2) is 28.2 Å². The smallest absolute Gasteiger partial charge is 0.408 e. The number of carboxylic acids is 1. The number of ether oxygens (including phenoxy) is 1. The highest BCUT2D eigenvalue weighted by molar-refractivity contribution is 6.31. The second-order valence-corrected chi connectivity index (χ2v) is 6.24. The summed E-state index contributed by atoms with van der Waals surface area (Å²) >= 11 is 5.95. The van der Waals surface area contributed by atoms with Crippen LogP contribution in [0.25, 0.3) is 10.9 Å². The van der Waals surface area contributed by atoms with Crippen molar-refractivity contribution in [2.75, 3.05) is 0 Å². The first-order valence-corrected chi connectivity index (χ1v) is 8.36. The molecule has 0 spiro atoms. The van der Waals surface area contributed by atoms with E-state index in [1.807, 2.05) is 36.4 Å². The van der Waals surface area contributed by atoms with Gasteiger partial charge in [-0.15, -0.1) is 0 Å². The van der Waals surface area contributed by atoms with Crippen molar-refractivity contribution < 1.29 is 19.4 Å². The van der Waals surface area contributed by atoms with Gasteiger partial charge in [0, 0.05) is 28.5 Å². The lowest BCUT2D eigenvalue weighted by molar-refractivity contribution is -0.139. The largest absolute Gasteiger partial charge is 0.480 e. The number of nitrogens with one attached hydrogen (secondary N) is 2. The number of hydrogen-bond donors (Lipinski definition) is 3. The summed E-state index contributed by atoms with van der Waals surface area (Å²) in [5.74, 6) is -1.13. The lowest BCUT2D eigenvalue weighted by atomic mass is 10.1. The lowest BCUT2D eigenvalue weighted by Crippen LogP contribution is -2.42. The molecule has 1 heterocycles. The van der Waals surface area contributed by atoms with E-state index in [1.165, 1.54) is 0 Å². The Balaban J connectivity index is 1.65.